The number of halogens is 53. The SMILES string of the molecule is Cl.Cl.Cl.[Cl-].[Cl-].[Cl-].[Cl-].[Cl-].[Cl-].[Cl-].[Cl-].[Cl-].[Cl-].[Cl-].[Cl-].[Cl-].[Cl-].[Cl-].[Cl-].[Cl-].[Cl-].[Cl-].[Cl-].[Cl-].[Cl-].[Cl-].[Cl-].[Cl-].[Cl-].[Cl-].[Cl-].[Cl-].[Cl-].[Cl-].[Cl-].[Cl-].[Cl-].[Cl-].[Cl-].[Cl-].[Cl-].[Cl-].[Cl-].[Cl-].[Cl-].[Cl-].[Cl-].[Cl-].[Cl-].[Cl-].[Cl-].[Cl-].[Cl-].[K+].[K+].[K+].[K+].[K+].[K+].[K+].[K+].[K+].[K+].[K+].[K+].[K+].[K+].[K+].[K+].[K+].[K+].[K+].[K+].[K+].[K+].[K+].[K+].[K+].[K+].[K+].[K+].[K+].[K+].[K+].[K+].[K+].[K+].[K+].[K+].[K+].[K+].[K+].[K+].[K+].[K+].[K+].[K+].[K+].[K+].[K+].[K+].[K+].[K+]. The first-order chi connectivity index (χ1) is 0. The minimum absolute atomic E-state index is 0. The first kappa shape index (κ1) is 841. The Morgan fingerprint density at radius 3 is 0.0291 bits per heavy atom. The van der Waals surface area contributed by atoms with Crippen molar-refractivity contribution in [1.29, 1.82) is 0 Å². The van der Waals surface area contributed by atoms with Crippen molar-refractivity contribution in [3.63, 3.8) is 0 Å². The molecule has 0 aromatic carbocycles. The summed E-state index contributed by atoms with van der Waals surface area (Å²) < 4.78 is 0. The molecule has 103 heavy (non-hydrogen) atoms. The van der Waals surface area contributed by atoms with Crippen LogP contribution in [0.15, 0.2) is 0 Å². The van der Waals surface area contributed by atoms with Gasteiger partial charge >= 0.3 is 2570 Å². The Morgan fingerprint density at radius 1 is 0.0291 bits per heavy atom. The fourth-order valence-corrected chi connectivity index (χ4v) is 0. The Bertz CT molecular complexity index is 103. The van der Waals surface area contributed by atoms with Gasteiger partial charge in [0, 0.05) is 0 Å². The molecule has 0 atom stereocenters. The molecule has 0 amide bonds. The van der Waals surface area contributed by atoms with Crippen LogP contribution in [-0.2, 0) is 0 Å². The van der Waals surface area contributed by atoms with E-state index in [2.05, 4.69) is 0 Å². The maximum atomic E-state index is 0. The maximum Gasteiger partial charge on any atom is 1.00 e. The van der Waals surface area contributed by atoms with Gasteiger partial charge in [-0.3, -0.25) is 0 Å². The predicted molar refractivity (Wildman–Crippen MR) is 21.7 cm³/mol. The summed E-state index contributed by atoms with van der Waals surface area (Å²) in [5.74, 6) is 0. The van der Waals surface area contributed by atoms with Crippen molar-refractivity contribution in [2.24, 2.45) is 0 Å². The molecule has 0 bridgehead atoms. The molecule has 0 aliphatic rings. The van der Waals surface area contributed by atoms with Crippen molar-refractivity contribution in [3.8, 4) is 0 Å². The van der Waals surface area contributed by atoms with Crippen molar-refractivity contribution >= 4 is 37.2 Å². The van der Waals surface area contributed by atoms with Gasteiger partial charge in [0.2, 0.25) is 0 Å². The van der Waals surface area contributed by atoms with Crippen LogP contribution in [0.3, 0.4) is 0 Å². The zero-order chi connectivity index (χ0) is 0. The van der Waals surface area contributed by atoms with E-state index in [1.165, 1.54) is 0 Å². The second-order valence-corrected chi connectivity index (χ2v) is 0. The van der Waals surface area contributed by atoms with Gasteiger partial charge in [0.05, 0.1) is 0 Å². The molecule has 0 aromatic rings. The van der Waals surface area contributed by atoms with Crippen molar-refractivity contribution in [2.75, 3.05) is 0 Å². The van der Waals surface area contributed by atoms with Crippen LogP contribution < -0.4 is 3190 Å². The number of hydrogen-bond donors (Lipinski definition) is 0. The third-order valence-corrected chi connectivity index (χ3v) is 0. The monoisotopic (exact) mass is 3800 g/mol. The summed E-state index contributed by atoms with van der Waals surface area (Å²) >= 11 is 0. The van der Waals surface area contributed by atoms with Crippen LogP contribution in [-0.4, -0.2) is 0 Å². The normalized spacial score (nSPS) is 0. The quantitative estimate of drug-likeness (QED) is 0.212. The van der Waals surface area contributed by atoms with E-state index in [0.717, 1.165) is 0 Å². The smallest absolute Gasteiger partial charge is 1.00 e. The maximum absolute atomic E-state index is 0. The molecule has 0 saturated heterocycles. The molecule has 0 saturated carbocycles. The Kier molecular flexibility index (Phi) is 6760. The molecule has 0 rings (SSSR count). The van der Waals surface area contributed by atoms with Crippen molar-refractivity contribution < 1.29 is 3190 Å². The molecule has 103 heteroatoms. The second-order valence-electron chi connectivity index (χ2n) is 0. The average molecular weight is 3840 g/mol. The van der Waals surface area contributed by atoms with Crippen LogP contribution in [0.25, 0.3) is 0 Å². The topological polar surface area (TPSA) is 0 Å². The Hall–Kier alpha value is 97.2. The molecule has 0 aliphatic carbocycles. The van der Waals surface area contributed by atoms with E-state index in [4.69, 9.17) is 0 Å². The number of rotatable bonds is 0. The molecule has 0 fully saturated rings. The van der Waals surface area contributed by atoms with E-state index in [-0.39, 0.29) is 3230 Å². The van der Waals surface area contributed by atoms with Gasteiger partial charge in [-0.1, -0.05) is 0 Å². The van der Waals surface area contributed by atoms with Gasteiger partial charge in [0.25, 0.3) is 0 Å². The van der Waals surface area contributed by atoms with Crippen LogP contribution in [0.2, 0.25) is 0 Å². The Balaban J connectivity index is 0. The van der Waals surface area contributed by atoms with Gasteiger partial charge in [0.15, 0.2) is 0 Å². The first-order valence-corrected chi connectivity index (χ1v) is 0. The molecule has 0 nitrogen and oxygen atoms in total. The summed E-state index contributed by atoms with van der Waals surface area (Å²) in [5, 5.41) is 0. The largest absolute Gasteiger partial charge is 1.00 e. The van der Waals surface area contributed by atoms with Crippen molar-refractivity contribution in [3.05, 3.63) is 0 Å². The van der Waals surface area contributed by atoms with E-state index < -0.39 is 0 Å². The van der Waals surface area contributed by atoms with E-state index >= 15 is 0 Å². The summed E-state index contributed by atoms with van der Waals surface area (Å²) in [6.07, 6.45) is 0. The molecule has 0 unspecified atom stereocenters. The van der Waals surface area contributed by atoms with Crippen molar-refractivity contribution in [2.45, 2.75) is 0 Å². The molecule has 424 valence electrons. The molecule has 0 aromatic heterocycles. The Labute approximate surface area is 3090 Å². The van der Waals surface area contributed by atoms with Crippen LogP contribution >= 0.6 is 37.2 Å². The fraction of sp³-hybridized carbons (Fsp3) is 0. The van der Waals surface area contributed by atoms with Crippen LogP contribution in [0.4, 0.5) is 0 Å². The zero-order valence-corrected chi connectivity index (χ0v) is 267. The van der Waals surface area contributed by atoms with E-state index in [1.807, 2.05) is 0 Å². The van der Waals surface area contributed by atoms with Gasteiger partial charge < -0.3 is 620 Å². The minimum Gasteiger partial charge on any atom is -1.00 e. The molecule has 0 aliphatic heterocycles. The fourth-order valence-electron chi connectivity index (χ4n) is 0. The second kappa shape index (κ2) is 828. The van der Waals surface area contributed by atoms with Crippen LogP contribution in [0.1, 0.15) is 0 Å². The Morgan fingerprint density at radius 2 is 0.0291 bits per heavy atom. The third kappa shape index (κ3) is 820. The summed E-state index contributed by atoms with van der Waals surface area (Å²) in [6.45, 7) is 0. The minimum atomic E-state index is 0. The van der Waals surface area contributed by atoms with E-state index in [0.29, 0.717) is 0 Å². The molecule has 0 spiro atoms. The molecular formula is H3Cl53K50. The van der Waals surface area contributed by atoms with Crippen molar-refractivity contribution in [1.82, 2.24) is 0 Å². The van der Waals surface area contributed by atoms with Gasteiger partial charge in [-0.25, -0.2) is 0 Å². The molecule has 0 N–H and O–H groups in total. The van der Waals surface area contributed by atoms with E-state index in [1.54, 1.807) is 0 Å². The molecular weight excluding hydrogens is 3830 g/mol. The van der Waals surface area contributed by atoms with E-state index in [9.17, 15) is 0 Å². The summed E-state index contributed by atoms with van der Waals surface area (Å²) in [4.78, 5) is 0. The molecule has 0 radical (unpaired) electrons. The zero-order valence-electron chi connectivity index (χ0n) is 70.1. The van der Waals surface area contributed by atoms with Gasteiger partial charge in [-0.2, -0.15) is 0 Å². The predicted octanol–water partition coefficient (Wildman–Crippen LogP) is -298. The summed E-state index contributed by atoms with van der Waals surface area (Å²) in [5.41, 5.74) is 0. The summed E-state index contributed by atoms with van der Waals surface area (Å²) in [7, 11) is 0. The first-order valence-electron chi connectivity index (χ1n) is 0. The van der Waals surface area contributed by atoms with Gasteiger partial charge in [0.1, 0.15) is 0 Å². The van der Waals surface area contributed by atoms with Gasteiger partial charge in [-0.15, -0.1) is 37.2 Å². The van der Waals surface area contributed by atoms with Crippen LogP contribution in [0.5, 0.6) is 0 Å². The molecule has 0 heterocycles. The number of hydrogen-bond acceptors (Lipinski definition) is 0. The van der Waals surface area contributed by atoms with Gasteiger partial charge in [-0.05, 0) is 0 Å². The third-order valence-electron chi connectivity index (χ3n) is 0. The standard InChI is InChI=1S/53ClH.50K/h53*1H;;;;;;;;;;;;;;;;;;;;;;;;;;;;;;;;;;;;;;;;;;;;;;;;;;/q;;;;;;;;;;;;;;;;;;;;;;;;;;;;;;;;;;;;;;;;;;;;;;;;;;;;;50*+1/p-50. The van der Waals surface area contributed by atoms with Crippen LogP contribution in [0, 0.1) is 0 Å². The summed E-state index contributed by atoms with van der Waals surface area (Å²) in [6, 6.07) is 0. The average Bonchev–Trinajstić information content (AvgIpc) is 0.